The molecular weight excluding hydrogens is 224 g/mol. The van der Waals surface area contributed by atoms with Crippen molar-refractivity contribution in [1.82, 2.24) is 19.4 Å². The Morgan fingerprint density at radius 3 is 2.69 bits per heavy atom. The van der Waals surface area contributed by atoms with Gasteiger partial charge in [-0.25, -0.2) is 4.98 Å². The van der Waals surface area contributed by atoms with Crippen LogP contribution in [0, 0.1) is 0 Å². The summed E-state index contributed by atoms with van der Waals surface area (Å²) in [5, 5.41) is 4.11. The molecule has 4 nitrogen and oxygen atoms in total. The van der Waals surface area contributed by atoms with E-state index in [1.807, 2.05) is 41.7 Å². The number of nitrogens with one attached hydrogen (secondary N) is 1. The number of hydrogen-bond acceptors (Lipinski definition) is 2. The molecule has 0 aromatic carbocycles. The minimum Gasteiger partial charge on any atom is -0.352 e. The normalized spacial score (nSPS) is 10.9. The summed E-state index contributed by atoms with van der Waals surface area (Å²) in [6.07, 6.45) is 5.64. The maximum Gasteiger partial charge on any atom is 0.122 e. The van der Waals surface area contributed by atoms with E-state index in [1.54, 1.807) is 6.20 Å². The average molecular weight is 239 g/mol. The summed E-state index contributed by atoms with van der Waals surface area (Å²) < 4.78 is 4.03. The van der Waals surface area contributed by atoms with Gasteiger partial charge in [-0.3, -0.25) is 0 Å². The second-order valence-electron chi connectivity index (χ2n) is 3.82. The maximum absolute atomic E-state index is 5.90. The van der Waals surface area contributed by atoms with Crippen molar-refractivity contribution >= 4 is 11.6 Å². The first kappa shape index (κ1) is 11.2. The molecule has 0 aliphatic rings. The van der Waals surface area contributed by atoms with E-state index in [0.29, 0.717) is 0 Å². The predicted molar refractivity (Wildman–Crippen MR) is 64.2 cm³/mol. The first-order valence-electron chi connectivity index (χ1n) is 5.14. The number of aryl methyl sites for hydroxylation is 2. The van der Waals surface area contributed by atoms with Crippen LogP contribution >= 0.6 is 11.6 Å². The van der Waals surface area contributed by atoms with Gasteiger partial charge in [0.05, 0.1) is 11.6 Å². The van der Waals surface area contributed by atoms with Crippen LogP contribution in [-0.4, -0.2) is 14.1 Å². The first-order valence-corrected chi connectivity index (χ1v) is 5.52. The van der Waals surface area contributed by atoms with Crippen molar-refractivity contribution in [2.45, 2.75) is 13.1 Å². The van der Waals surface area contributed by atoms with Gasteiger partial charge >= 0.3 is 0 Å². The van der Waals surface area contributed by atoms with Gasteiger partial charge in [0.15, 0.2) is 0 Å². The first-order chi connectivity index (χ1) is 7.66. The van der Waals surface area contributed by atoms with Crippen LogP contribution in [0.3, 0.4) is 0 Å². The topological polar surface area (TPSA) is 34.8 Å². The van der Waals surface area contributed by atoms with Crippen molar-refractivity contribution < 1.29 is 0 Å². The zero-order chi connectivity index (χ0) is 11.5. The molecule has 86 valence electrons. The number of nitrogens with zero attached hydrogens (tertiary/aromatic N) is 3. The standard InChI is InChI=1S/C11H15ClN4/c1-15-4-3-14-11(15)7-13-6-10-5-9(12)8-16(10)2/h3-5,8,13H,6-7H2,1-2H3. The molecule has 2 rings (SSSR count). The molecule has 16 heavy (non-hydrogen) atoms. The lowest BCUT2D eigenvalue weighted by atomic mass is 10.4. The van der Waals surface area contributed by atoms with E-state index in [9.17, 15) is 0 Å². The van der Waals surface area contributed by atoms with Crippen LogP contribution in [0.5, 0.6) is 0 Å². The van der Waals surface area contributed by atoms with E-state index in [-0.39, 0.29) is 0 Å². The van der Waals surface area contributed by atoms with E-state index in [0.717, 1.165) is 23.9 Å². The Hall–Kier alpha value is -1.26. The van der Waals surface area contributed by atoms with Crippen LogP contribution < -0.4 is 5.32 Å². The molecule has 1 N–H and O–H groups in total. The zero-order valence-electron chi connectivity index (χ0n) is 9.44. The molecule has 2 aromatic rings. The van der Waals surface area contributed by atoms with Gasteiger partial charge in [-0.15, -0.1) is 0 Å². The van der Waals surface area contributed by atoms with E-state index < -0.39 is 0 Å². The molecule has 0 saturated heterocycles. The van der Waals surface area contributed by atoms with Gasteiger partial charge in [0.1, 0.15) is 5.82 Å². The molecule has 0 aliphatic carbocycles. The molecule has 0 spiro atoms. The Morgan fingerprint density at radius 2 is 2.12 bits per heavy atom. The lowest BCUT2D eigenvalue weighted by Crippen LogP contribution is -2.17. The molecule has 0 amide bonds. The quantitative estimate of drug-likeness (QED) is 0.880. The van der Waals surface area contributed by atoms with Crippen molar-refractivity contribution in [3.05, 3.63) is 41.2 Å². The molecular formula is C11H15ClN4. The Morgan fingerprint density at radius 1 is 1.31 bits per heavy atom. The third-order valence-electron chi connectivity index (χ3n) is 2.58. The molecule has 0 bridgehead atoms. The highest BCUT2D eigenvalue weighted by molar-refractivity contribution is 6.30. The number of hydrogen-bond donors (Lipinski definition) is 1. The van der Waals surface area contributed by atoms with Gasteiger partial charge in [-0.1, -0.05) is 11.6 Å². The molecule has 5 heteroatoms. The summed E-state index contributed by atoms with van der Waals surface area (Å²) >= 11 is 5.90. The molecule has 0 fully saturated rings. The minimum absolute atomic E-state index is 0.756. The smallest absolute Gasteiger partial charge is 0.122 e. The van der Waals surface area contributed by atoms with Crippen LogP contribution in [0.25, 0.3) is 0 Å². The number of aromatic nitrogens is 3. The highest BCUT2D eigenvalue weighted by Crippen LogP contribution is 2.12. The Balaban J connectivity index is 1.89. The third-order valence-corrected chi connectivity index (χ3v) is 2.79. The predicted octanol–water partition coefficient (Wildman–Crippen LogP) is 1.70. The summed E-state index contributed by atoms with van der Waals surface area (Å²) in [5.74, 6) is 1.03. The highest BCUT2D eigenvalue weighted by atomic mass is 35.5. The van der Waals surface area contributed by atoms with Gasteiger partial charge in [-0.2, -0.15) is 0 Å². The largest absolute Gasteiger partial charge is 0.352 e. The Labute approximate surface area is 99.9 Å². The molecule has 0 radical (unpaired) electrons. The van der Waals surface area contributed by atoms with E-state index >= 15 is 0 Å². The monoisotopic (exact) mass is 238 g/mol. The van der Waals surface area contributed by atoms with Gasteiger partial charge in [0, 0.05) is 44.9 Å². The van der Waals surface area contributed by atoms with Gasteiger partial charge in [-0.05, 0) is 6.07 Å². The van der Waals surface area contributed by atoms with Crippen LogP contribution in [0.1, 0.15) is 11.5 Å². The number of rotatable bonds is 4. The number of halogens is 1. The van der Waals surface area contributed by atoms with Crippen LogP contribution in [0.2, 0.25) is 5.02 Å². The van der Waals surface area contributed by atoms with E-state index in [4.69, 9.17) is 11.6 Å². The summed E-state index contributed by atoms with van der Waals surface area (Å²) in [4.78, 5) is 4.24. The minimum atomic E-state index is 0.756. The van der Waals surface area contributed by atoms with Crippen LogP contribution in [0.15, 0.2) is 24.7 Å². The van der Waals surface area contributed by atoms with Crippen molar-refractivity contribution in [1.29, 1.82) is 0 Å². The fourth-order valence-corrected chi connectivity index (χ4v) is 1.88. The van der Waals surface area contributed by atoms with Crippen molar-refractivity contribution in [3.63, 3.8) is 0 Å². The maximum atomic E-state index is 5.90. The fourth-order valence-electron chi connectivity index (χ4n) is 1.61. The Kier molecular flexibility index (Phi) is 3.31. The van der Waals surface area contributed by atoms with Gasteiger partial charge in [0.25, 0.3) is 0 Å². The average Bonchev–Trinajstić information content (AvgIpc) is 2.75. The number of imidazole rings is 1. The summed E-state index contributed by atoms with van der Waals surface area (Å²) in [6, 6.07) is 1.97. The molecule has 2 heterocycles. The van der Waals surface area contributed by atoms with Crippen molar-refractivity contribution in [2.24, 2.45) is 14.1 Å². The van der Waals surface area contributed by atoms with E-state index in [1.165, 1.54) is 5.69 Å². The van der Waals surface area contributed by atoms with Crippen LogP contribution in [-0.2, 0) is 27.2 Å². The molecule has 0 saturated carbocycles. The molecule has 0 atom stereocenters. The second kappa shape index (κ2) is 4.72. The SMILES string of the molecule is Cn1cc(Cl)cc1CNCc1nccn1C. The molecule has 0 aliphatic heterocycles. The van der Waals surface area contributed by atoms with Gasteiger partial charge in [0.2, 0.25) is 0 Å². The van der Waals surface area contributed by atoms with Crippen molar-refractivity contribution in [2.75, 3.05) is 0 Å². The highest BCUT2D eigenvalue weighted by Gasteiger charge is 2.02. The molecule has 2 aromatic heterocycles. The fraction of sp³-hybridized carbons (Fsp3) is 0.364. The van der Waals surface area contributed by atoms with E-state index in [2.05, 4.69) is 10.3 Å². The third kappa shape index (κ3) is 2.46. The molecule has 0 unspecified atom stereocenters. The second-order valence-corrected chi connectivity index (χ2v) is 4.25. The van der Waals surface area contributed by atoms with Crippen LogP contribution in [0.4, 0.5) is 0 Å². The summed E-state index contributed by atoms with van der Waals surface area (Å²) in [7, 11) is 3.98. The lowest BCUT2D eigenvalue weighted by molar-refractivity contribution is 0.616. The Bertz CT molecular complexity index is 472. The van der Waals surface area contributed by atoms with Crippen molar-refractivity contribution in [3.8, 4) is 0 Å². The summed E-state index contributed by atoms with van der Waals surface area (Å²) in [5.41, 5.74) is 1.17. The lowest BCUT2D eigenvalue weighted by Gasteiger charge is -2.05. The summed E-state index contributed by atoms with van der Waals surface area (Å²) in [6.45, 7) is 1.54. The van der Waals surface area contributed by atoms with Gasteiger partial charge < -0.3 is 14.5 Å². The zero-order valence-corrected chi connectivity index (χ0v) is 10.2.